The first-order valence-corrected chi connectivity index (χ1v) is 12.2. The number of halogens is 2. The maximum Gasteiger partial charge on any atom is 0.251 e. The summed E-state index contributed by atoms with van der Waals surface area (Å²) in [5.74, 6) is -1.74. The van der Waals surface area contributed by atoms with E-state index in [1.165, 1.54) is 12.1 Å². The highest BCUT2D eigenvalue weighted by Crippen LogP contribution is 2.35. The molecule has 36 heavy (non-hydrogen) atoms. The monoisotopic (exact) mass is 493 g/mol. The smallest absolute Gasteiger partial charge is 0.251 e. The van der Waals surface area contributed by atoms with Gasteiger partial charge in [0.05, 0.1) is 0 Å². The fraction of sp³-hybridized carbons (Fsp3) is 0.333. The number of fused-ring (bicyclic) bond motifs is 1. The number of nitrogens with zero attached hydrogens (tertiary/aromatic N) is 3. The molecule has 0 radical (unpaired) electrons. The lowest BCUT2D eigenvalue weighted by Crippen LogP contribution is -2.46. The predicted octanol–water partition coefficient (Wildman–Crippen LogP) is 3.07. The van der Waals surface area contributed by atoms with Crippen LogP contribution in [0, 0.1) is 11.8 Å². The third-order valence-electron chi connectivity index (χ3n) is 6.96. The molecule has 1 fully saturated rings. The lowest BCUT2D eigenvalue weighted by molar-refractivity contribution is 0.0945. The number of anilines is 2. The van der Waals surface area contributed by atoms with E-state index in [0.29, 0.717) is 29.7 Å². The van der Waals surface area contributed by atoms with Gasteiger partial charge in [-0.3, -0.25) is 9.69 Å². The zero-order valence-corrected chi connectivity index (χ0v) is 19.9. The lowest BCUT2D eigenvalue weighted by Gasteiger charge is -2.36. The predicted molar refractivity (Wildman–Crippen MR) is 136 cm³/mol. The van der Waals surface area contributed by atoms with Crippen LogP contribution < -0.4 is 16.0 Å². The zero-order chi connectivity index (χ0) is 25.2. The Labute approximate surface area is 208 Å². The molecule has 188 valence electrons. The summed E-state index contributed by atoms with van der Waals surface area (Å²) in [4.78, 5) is 20.5. The average Bonchev–Trinajstić information content (AvgIpc) is 2.89. The number of hydrogen-bond donors (Lipinski definition) is 3. The van der Waals surface area contributed by atoms with Gasteiger partial charge in [0, 0.05) is 73.8 Å². The van der Waals surface area contributed by atoms with Crippen LogP contribution in [0.2, 0.25) is 0 Å². The van der Waals surface area contributed by atoms with Crippen LogP contribution in [0.15, 0.2) is 42.5 Å². The van der Waals surface area contributed by atoms with Gasteiger partial charge in [0.1, 0.15) is 11.6 Å². The summed E-state index contributed by atoms with van der Waals surface area (Å²) in [5.41, 5.74) is 9.43. The third kappa shape index (κ3) is 4.76. The summed E-state index contributed by atoms with van der Waals surface area (Å²) in [5, 5.41) is 11.7. The highest BCUT2D eigenvalue weighted by molar-refractivity contribution is 5.97. The van der Waals surface area contributed by atoms with E-state index in [4.69, 9.17) is 10.8 Å². The first kappa shape index (κ1) is 24.1. The van der Waals surface area contributed by atoms with Crippen molar-refractivity contribution >= 4 is 17.4 Å². The minimum Gasteiger partial charge on any atom is -0.396 e. The van der Waals surface area contributed by atoms with Crippen molar-refractivity contribution in [3.8, 4) is 22.3 Å². The Morgan fingerprint density at radius 1 is 0.972 bits per heavy atom. The van der Waals surface area contributed by atoms with Gasteiger partial charge < -0.3 is 21.1 Å². The Hall–Kier alpha value is -3.56. The minimum absolute atomic E-state index is 0.106. The fourth-order valence-corrected chi connectivity index (χ4v) is 4.95. The number of aliphatic hydroxyl groups excluding tert-OH is 1. The Morgan fingerprint density at radius 3 is 2.44 bits per heavy atom. The molecule has 5 rings (SSSR count). The van der Waals surface area contributed by atoms with Crippen molar-refractivity contribution in [2.75, 3.05) is 56.5 Å². The van der Waals surface area contributed by atoms with Crippen molar-refractivity contribution in [1.82, 2.24) is 15.2 Å². The van der Waals surface area contributed by atoms with Gasteiger partial charge >= 0.3 is 0 Å². The summed E-state index contributed by atoms with van der Waals surface area (Å²) in [6.45, 7) is 5.18. The SMILES string of the molecule is Nc1nc(F)c(-c2ccc(N3CCN(CCCO)CC3)cc2)cc1-c1cc2c(cc1F)C(=O)NCC2. The van der Waals surface area contributed by atoms with E-state index >= 15 is 4.39 Å². The molecule has 0 bridgehead atoms. The summed E-state index contributed by atoms with van der Waals surface area (Å²) >= 11 is 0. The molecular formula is C27H29F2N5O2. The molecule has 2 aliphatic heterocycles. The normalized spacial score (nSPS) is 16.1. The number of nitrogen functional groups attached to an aromatic ring is 1. The minimum atomic E-state index is -0.723. The molecule has 3 aromatic rings. The second-order valence-corrected chi connectivity index (χ2v) is 9.21. The quantitative estimate of drug-likeness (QED) is 0.457. The molecule has 1 aromatic heterocycles. The molecule has 2 aliphatic rings. The molecule has 7 nitrogen and oxygen atoms in total. The molecular weight excluding hydrogens is 464 g/mol. The maximum atomic E-state index is 15.0. The van der Waals surface area contributed by atoms with Gasteiger partial charge in [-0.15, -0.1) is 0 Å². The van der Waals surface area contributed by atoms with E-state index in [2.05, 4.69) is 20.1 Å². The lowest BCUT2D eigenvalue weighted by atomic mass is 9.93. The number of amides is 1. The largest absolute Gasteiger partial charge is 0.396 e. The Balaban J connectivity index is 1.40. The molecule has 0 aliphatic carbocycles. The molecule has 1 amide bonds. The number of carbonyl (C=O) groups is 1. The van der Waals surface area contributed by atoms with Crippen LogP contribution in [-0.4, -0.2) is 66.8 Å². The van der Waals surface area contributed by atoms with Crippen molar-refractivity contribution in [3.05, 3.63) is 65.4 Å². The first-order chi connectivity index (χ1) is 17.4. The van der Waals surface area contributed by atoms with Crippen LogP contribution in [0.3, 0.4) is 0 Å². The molecule has 1 saturated heterocycles. The van der Waals surface area contributed by atoms with E-state index in [1.54, 1.807) is 6.07 Å². The van der Waals surface area contributed by atoms with Crippen molar-refractivity contribution in [2.24, 2.45) is 0 Å². The molecule has 0 spiro atoms. The van der Waals surface area contributed by atoms with E-state index in [-0.39, 0.29) is 29.5 Å². The van der Waals surface area contributed by atoms with Crippen molar-refractivity contribution in [2.45, 2.75) is 12.8 Å². The van der Waals surface area contributed by atoms with Crippen LogP contribution in [-0.2, 0) is 6.42 Å². The second-order valence-electron chi connectivity index (χ2n) is 9.21. The number of nitrogens with two attached hydrogens (primary N) is 1. The van der Waals surface area contributed by atoms with Crippen molar-refractivity contribution < 1.29 is 18.7 Å². The summed E-state index contributed by atoms with van der Waals surface area (Å²) < 4.78 is 29.9. The first-order valence-electron chi connectivity index (χ1n) is 12.2. The van der Waals surface area contributed by atoms with Gasteiger partial charge in [0.25, 0.3) is 5.91 Å². The number of rotatable bonds is 6. The van der Waals surface area contributed by atoms with Gasteiger partial charge in [0.2, 0.25) is 5.95 Å². The Morgan fingerprint density at radius 2 is 1.72 bits per heavy atom. The summed E-state index contributed by atoms with van der Waals surface area (Å²) in [7, 11) is 0. The molecule has 0 unspecified atom stereocenters. The molecule has 3 heterocycles. The van der Waals surface area contributed by atoms with E-state index in [1.807, 2.05) is 24.3 Å². The Kier molecular flexibility index (Phi) is 6.84. The van der Waals surface area contributed by atoms with Gasteiger partial charge in [0.15, 0.2) is 0 Å². The summed E-state index contributed by atoms with van der Waals surface area (Å²) in [6.07, 6.45) is 1.36. The van der Waals surface area contributed by atoms with Gasteiger partial charge in [-0.2, -0.15) is 4.39 Å². The van der Waals surface area contributed by atoms with Gasteiger partial charge in [-0.25, -0.2) is 9.37 Å². The van der Waals surface area contributed by atoms with E-state index < -0.39 is 11.8 Å². The number of aliphatic hydroxyl groups is 1. The number of piperazine rings is 1. The number of aromatic nitrogens is 1. The number of hydrogen-bond acceptors (Lipinski definition) is 6. The standard InChI is InChI=1S/C27H29F2N5O2/c28-24-16-21-18(6-7-31-27(21)36)14-22(24)23-15-20(25(29)32-26(23)30)17-2-4-19(5-3-17)34-11-9-33(10-12-34)8-1-13-35/h2-5,14-16,35H,1,6-13H2,(H2,30,32)(H,31,36). The van der Waals surface area contributed by atoms with Crippen LogP contribution in [0.25, 0.3) is 22.3 Å². The molecule has 2 aromatic carbocycles. The number of nitrogens with one attached hydrogen (secondary N) is 1. The molecule has 0 atom stereocenters. The van der Waals surface area contributed by atoms with E-state index in [0.717, 1.165) is 50.4 Å². The molecule has 4 N–H and O–H groups in total. The number of pyridine rings is 1. The Bertz CT molecular complexity index is 1270. The van der Waals surface area contributed by atoms with Crippen LogP contribution in [0.5, 0.6) is 0 Å². The molecule has 9 heteroatoms. The third-order valence-corrected chi connectivity index (χ3v) is 6.96. The highest BCUT2D eigenvalue weighted by atomic mass is 19.1. The summed E-state index contributed by atoms with van der Waals surface area (Å²) in [6, 6.07) is 11.9. The van der Waals surface area contributed by atoms with Crippen LogP contribution >= 0.6 is 0 Å². The van der Waals surface area contributed by atoms with Crippen molar-refractivity contribution in [1.29, 1.82) is 0 Å². The number of benzene rings is 2. The van der Waals surface area contributed by atoms with Crippen LogP contribution in [0.1, 0.15) is 22.3 Å². The fourth-order valence-electron chi connectivity index (χ4n) is 4.95. The number of carbonyl (C=O) groups excluding carboxylic acids is 1. The molecule has 0 saturated carbocycles. The van der Waals surface area contributed by atoms with Crippen LogP contribution in [0.4, 0.5) is 20.3 Å². The second kappa shape index (κ2) is 10.2. The van der Waals surface area contributed by atoms with Gasteiger partial charge in [-0.05, 0) is 54.3 Å². The van der Waals surface area contributed by atoms with E-state index in [9.17, 15) is 9.18 Å². The van der Waals surface area contributed by atoms with Crippen molar-refractivity contribution in [3.63, 3.8) is 0 Å². The zero-order valence-electron chi connectivity index (χ0n) is 19.9. The highest BCUT2D eigenvalue weighted by Gasteiger charge is 2.23. The maximum absolute atomic E-state index is 15.0. The topological polar surface area (TPSA) is 94.7 Å². The average molecular weight is 494 g/mol. The van der Waals surface area contributed by atoms with Gasteiger partial charge in [-0.1, -0.05) is 12.1 Å².